The summed E-state index contributed by atoms with van der Waals surface area (Å²) >= 11 is 0. The molecule has 0 radical (unpaired) electrons. The summed E-state index contributed by atoms with van der Waals surface area (Å²) in [6.07, 6.45) is 3.21. The van der Waals surface area contributed by atoms with E-state index in [0.29, 0.717) is 5.84 Å². The third-order valence-electron chi connectivity index (χ3n) is 7.99. The number of benzene rings is 6. The molecule has 2 nitrogen and oxygen atoms in total. The molecular weight excluding hydrogens is 532 g/mol. The van der Waals surface area contributed by atoms with Gasteiger partial charge in [0.25, 0.3) is 0 Å². The maximum atomic E-state index is 6.79. The topological polar surface area (TPSA) is 38.4 Å². The van der Waals surface area contributed by atoms with Crippen molar-refractivity contribution in [2.24, 2.45) is 10.7 Å². The quantitative estimate of drug-likeness (QED) is 0.137. The van der Waals surface area contributed by atoms with E-state index >= 15 is 0 Å². The molecule has 2 N–H and O–H groups in total. The second-order valence-corrected chi connectivity index (χ2v) is 10.9. The van der Waals surface area contributed by atoms with Crippen LogP contribution in [-0.4, -0.2) is 5.84 Å². The van der Waals surface area contributed by atoms with Gasteiger partial charge in [0.15, 0.2) is 0 Å². The molecule has 0 spiro atoms. The lowest BCUT2D eigenvalue weighted by atomic mass is 9.91. The fourth-order valence-electron chi connectivity index (χ4n) is 5.59. The molecule has 0 aromatic heterocycles. The number of nitrogens with two attached hydrogens (primary N) is 1. The van der Waals surface area contributed by atoms with Gasteiger partial charge in [-0.2, -0.15) is 0 Å². The number of aliphatic imine (C=N–C) groups is 1. The number of allylic oxidation sites excluding steroid dienone is 1. The minimum absolute atomic E-state index is 0.154. The monoisotopic (exact) mass is 568 g/mol. The Balaban J connectivity index is 1.44. The highest BCUT2D eigenvalue weighted by atomic mass is 14.9. The smallest absolute Gasteiger partial charge is 0.131 e. The van der Waals surface area contributed by atoms with Crippen molar-refractivity contribution in [3.8, 4) is 33.4 Å². The van der Waals surface area contributed by atoms with E-state index in [2.05, 4.69) is 153 Å². The van der Waals surface area contributed by atoms with E-state index in [1.54, 1.807) is 0 Å². The first-order valence-corrected chi connectivity index (χ1v) is 15.2. The molecule has 1 atom stereocenters. The maximum Gasteiger partial charge on any atom is 0.131 e. The maximum absolute atomic E-state index is 6.79. The molecular formula is C42H36N2. The number of hydrogen-bond acceptors (Lipinski definition) is 1. The Bertz CT molecular complexity index is 1890. The van der Waals surface area contributed by atoms with Crippen molar-refractivity contribution in [3.05, 3.63) is 187 Å². The normalized spacial score (nSPS) is 12.6. The van der Waals surface area contributed by atoms with Gasteiger partial charge in [0, 0.05) is 17.0 Å². The predicted octanol–water partition coefficient (Wildman–Crippen LogP) is 10.6. The van der Waals surface area contributed by atoms with E-state index in [1.807, 2.05) is 24.3 Å². The van der Waals surface area contributed by atoms with Crippen LogP contribution in [0.15, 0.2) is 175 Å². The van der Waals surface area contributed by atoms with Gasteiger partial charge in [0.05, 0.1) is 5.70 Å². The van der Waals surface area contributed by atoms with E-state index in [4.69, 9.17) is 10.7 Å². The fourth-order valence-corrected chi connectivity index (χ4v) is 5.59. The Morgan fingerprint density at radius 1 is 0.523 bits per heavy atom. The highest BCUT2D eigenvalue weighted by molar-refractivity contribution is 6.01. The van der Waals surface area contributed by atoms with Gasteiger partial charge in [-0.3, -0.25) is 0 Å². The Labute approximate surface area is 260 Å². The van der Waals surface area contributed by atoms with Crippen LogP contribution in [-0.2, 0) is 0 Å². The molecule has 6 aromatic rings. The van der Waals surface area contributed by atoms with E-state index < -0.39 is 0 Å². The minimum atomic E-state index is 0.154. The standard InChI is InChI=1S/C42H36N2/c1-2-31(35-21-12-22-36(27-35)32-15-6-3-7-16-32)30-41(39-25-13-23-37(28-39)33-17-8-4-9-18-33)44-42(43)40-26-14-24-38(29-40)34-19-10-5-11-20-34/h3-31H,2H2,1H3,(H2,43,44)/b41-30-. The predicted molar refractivity (Wildman–Crippen MR) is 187 cm³/mol. The van der Waals surface area contributed by atoms with Crippen LogP contribution in [0.25, 0.3) is 39.1 Å². The lowest BCUT2D eigenvalue weighted by molar-refractivity contribution is 0.806. The largest absolute Gasteiger partial charge is 0.383 e. The molecule has 1 unspecified atom stereocenters. The lowest BCUT2D eigenvalue weighted by Crippen LogP contribution is -2.13. The van der Waals surface area contributed by atoms with E-state index in [-0.39, 0.29) is 5.92 Å². The zero-order chi connectivity index (χ0) is 30.1. The molecule has 0 saturated heterocycles. The van der Waals surface area contributed by atoms with Crippen LogP contribution < -0.4 is 5.73 Å². The van der Waals surface area contributed by atoms with Crippen LogP contribution in [0, 0.1) is 0 Å². The lowest BCUT2D eigenvalue weighted by Gasteiger charge is -2.16. The molecule has 2 heteroatoms. The summed E-state index contributed by atoms with van der Waals surface area (Å²) in [5.74, 6) is 0.647. The van der Waals surface area contributed by atoms with Crippen LogP contribution in [0.1, 0.15) is 36.0 Å². The van der Waals surface area contributed by atoms with Gasteiger partial charge in [-0.25, -0.2) is 4.99 Å². The highest BCUT2D eigenvalue weighted by Gasteiger charge is 2.13. The summed E-state index contributed by atoms with van der Waals surface area (Å²) in [6.45, 7) is 2.23. The molecule has 0 saturated carbocycles. The summed E-state index contributed by atoms with van der Waals surface area (Å²) in [5, 5.41) is 0. The van der Waals surface area contributed by atoms with Gasteiger partial charge >= 0.3 is 0 Å². The SMILES string of the molecule is CCC(/C=C(\N=C(N)c1cccc(-c2ccccc2)c1)c1cccc(-c2ccccc2)c1)c1cccc(-c2ccccc2)c1. The van der Waals surface area contributed by atoms with E-state index in [0.717, 1.165) is 39.9 Å². The van der Waals surface area contributed by atoms with Crippen LogP contribution >= 0.6 is 0 Å². The molecule has 44 heavy (non-hydrogen) atoms. The minimum Gasteiger partial charge on any atom is -0.383 e. The number of rotatable bonds is 9. The molecule has 6 rings (SSSR count). The summed E-state index contributed by atoms with van der Waals surface area (Å²) in [4.78, 5) is 5.14. The van der Waals surface area contributed by atoms with Gasteiger partial charge < -0.3 is 5.73 Å². The van der Waals surface area contributed by atoms with Crippen LogP contribution in [0.4, 0.5) is 0 Å². The van der Waals surface area contributed by atoms with E-state index in [9.17, 15) is 0 Å². The van der Waals surface area contributed by atoms with Gasteiger partial charge in [-0.15, -0.1) is 0 Å². The zero-order valence-corrected chi connectivity index (χ0v) is 25.0. The van der Waals surface area contributed by atoms with Crippen LogP contribution in [0.2, 0.25) is 0 Å². The number of nitrogens with zero attached hydrogens (tertiary/aromatic N) is 1. The summed E-state index contributed by atoms with van der Waals surface area (Å²) < 4.78 is 0. The van der Waals surface area contributed by atoms with Crippen molar-refractivity contribution in [2.75, 3.05) is 0 Å². The molecule has 0 heterocycles. The first-order valence-electron chi connectivity index (χ1n) is 15.2. The van der Waals surface area contributed by atoms with Crippen molar-refractivity contribution in [1.29, 1.82) is 0 Å². The second kappa shape index (κ2) is 13.7. The van der Waals surface area contributed by atoms with Gasteiger partial charge in [-0.1, -0.05) is 165 Å². The van der Waals surface area contributed by atoms with Gasteiger partial charge in [-0.05, 0) is 57.5 Å². The number of hydrogen-bond donors (Lipinski definition) is 1. The van der Waals surface area contributed by atoms with Crippen molar-refractivity contribution >= 4 is 11.5 Å². The van der Waals surface area contributed by atoms with Gasteiger partial charge in [0.1, 0.15) is 5.84 Å². The summed E-state index contributed by atoms with van der Waals surface area (Å²) in [7, 11) is 0. The van der Waals surface area contributed by atoms with Gasteiger partial charge in [0.2, 0.25) is 0 Å². The molecule has 0 aliphatic rings. The number of amidine groups is 1. The highest BCUT2D eigenvalue weighted by Crippen LogP contribution is 2.32. The Morgan fingerprint density at radius 3 is 1.48 bits per heavy atom. The average Bonchev–Trinajstić information content (AvgIpc) is 3.11. The Kier molecular flexibility index (Phi) is 8.90. The Hall–Kier alpha value is -5.47. The Morgan fingerprint density at radius 2 is 0.955 bits per heavy atom. The van der Waals surface area contributed by atoms with Crippen molar-refractivity contribution in [3.63, 3.8) is 0 Å². The fraction of sp³-hybridized carbons (Fsp3) is 0.0714. The molecule has 0 bridgehead atoms. The first-order chi connectivity index (χ1) is 21.7. The molecule has 0 aliphatic carbocycles. The zero-order valence-electron chi connectivity index (χ0n) is 25.0. The summed E-state index contributed by atoms with van der Waals surface area (Å²) in [6, 6.07) is 57.1. The van der Waals surface area contributed by atoms with Crippen LogP contribution in [0.5, 0.6) is 0 Å². The molecule has 214 valence electrons. The van der Waals surface area contributed by atoms with Crippen LogP contribution in [0.3, 0.4) is 0 Å². The molecule has 0 fully saturated rings. The molecule has 6 aromatic carbocycles. The third kappa shape index (κ3) is 6.77. The van der Waals surface area contributed by atoms with Crippen molar-refractivity contribution < 1.29 is 0 Å². The molecule has 0 aliphatic heterocycles. The second-order valence-electron chi connectivity index (χ2n) is 10.9. The van der Waals surface area contributed by atoms with Crippen molar-refractivity contribution in [2.45, 2.75) is 19.3 Å². The molecule has 0 amide bonds. The third-order valence-corrected chi connectivity index (χ3v) is 7.99. The van der Waals surface area contributed by atoms with E-state index in [1.165, 1.54) is 22.3 Å². The average molecular weight is 569 g/mol. The summed E-state index contributed by atoms with van der Waals surface area (Å²) in [5.41, 5.74) is 17.8. The van der Waals surface area contributed by atoms with Crippen molar-refractivity contribution in [1.82, 2.24) is 0 Å². The first kappa shape index (κ1) is 28.6.